The number of fused-ring (bicyclic) bond motifs is 3. The normalized spacial score (nSPS) is 10.9. The Kier molecular flexibility index (Phi) is 2.68. The molecule has 2 heterocycles. The van der Waals surface area contributed by atoms with Crippen LogP contribution >= 0.6 is 0 Å². The lowest BCUT2D eigenvalue weighted by Crippen LogP contribution is -2.23. The monoisotopic (exact) mass is 300 g/mol. The van der Waals surface area contributed by atoms with Gasteiger partial charge in [-0.1, -0.05) is 24.3 Å². The Bertz CT molecular complexity index is 1160. The van der Waals surface area contributed by atoms with E-state index < -0.39 is 0 Å². The molecule has 4 rings (SSSR count). The molecule has 0 spiro atoms. The van der Waals surface area contributed by atoms with Crippen LogP contribution in [0.25, 0.3) is 27.8 Å². The topological polar surface area (TPSA) is 107 Å². The molecule has 2 aromatic carbocycles. The summed E-state index contributed by atoms with van der Waals surface area (Å²) >= 11 is 0. The van der Waals surface area contributed by atoms with Crippen LogP contribution in [0.3, 0.4) is 0 Å². The zero-order chi connectivity index (χ0) is 16.0. The molecule has 0 bridgehead atoms. The summed E-state index contributed by atoms with van der Waals surface area (Å²) in [4.78, 5) is 7.64. The summed E-state index contributed by atoms with van der Waals surface area (Å²) in [6, 6.07) is 16.9. The Balaban J connectivity index is 2.24. The fraction of sp³-hybridized carbons (Fsp3) is 0. The second-order valence-corrected chi connectivity index (χ2v) is 5.22. The number of aromatic amines is 1. The molecule has 0 amide bonds. The number of anilines is 1. The van der Waals surface area contributed by atoms with Crippen molar-refractivity contribution in [3.05, 3.63) is 59.7 Å². The summed E-state index contributed by atoms with van der Waals surface area (Å²) in [6.07, 6.45) is 0. The molecule has 0 atom stereocenters. The van der Waals surface area contributed by atoms with E-state index in [4.69, 9.17) is 11.1 Å². The van der Waals surface area contributed by atoms with Gasteiger partial charge in [0, 0.05) is 16.6 Å². The number of rotatable bonds is 1. The average molecular weight is 300 g/mol. The number of para-hydroxylation sites is 1. The van der Waals surface area contributed by atoms with E-state index in [1.165, 1.54) is 0 Å². The van der Waals surface area contributed by atoms with E-state index >= 15 is 0 Å². The van der Waals surface area contributed by atoms with Gasteiger partial charge in [-0.05, 0) is 24.3 Å². The van der Waals surface area contributed by atoms with Gasteiger partial charge in [-0.25, -0.2) is 4.98 Å². The van der Waals surface area contributed by atoms with Crippen molar-refractivity contribution in [2.45, 2.75) is 0 Å². The van der Waals surface area contributed by atoms with Crippen molar-refractivity contribution in [2.24, 2.45) is 0 Å². The Morgan fingerprint density at radius 3 is 2.78 bits per heavy atom. The first-order chi connectivity index (χ1) is 11.2. The third-order valence-corrected chi connectivity index (χ3v) is 3.79. The number of benzene rings is 2. The largest absolute Gasteiger partial charge is 0.399 e. The van der Waals surface area contributed by atoms with Crippen molar-refractivity contribution in [3.63, 3.8) is 0 Å². The van der Waals surface area contributed by atoms with Crippen LogP contribution < -0.4 is 11.2 Å². The number of nitrogens with one attached hydrogen (secondary N) is 2. The maximum absolute atomic E-state index is 9.33. The molecule has 6 heteroatoms. The highest BCUT2D eigenvalue weighted by molar-refractivity contribution is 6.04. The second-order valence-electron chi connectivity index (χ2n) is 5.22. The van der Waals surface area contributed by atoms with Gasteiger partial charge in [-0.3, -0.25) is 9.98 Å². The van der Waals surface area contributed by atoms with Crippen LogP contribution in [0.5, 0.6) is 0 Å². The average Bonchev–Trinajstić information content (AvgIpc) is 2.92. The quantitative estimate of drug-likeness (QED) is 0.470. The highest BCUT2D eigenvalue weighted by Crippen LogP contribution is 2.24. The van der Waals surface area contributed by atoms with Crippen LogP contribution in [0.2, 0.25) is 0 Å². The highest BCUT2D eigenvalue weighted by atomic mass is 15.1. The third-order valence-electron chi connectivity index (χ3n) is 3.79. The fourth-order valence-corrected chi connectivity index (χ4v) is 2.77. The summed E-state index contributed by atoms with van der Waals surface area (Å²) in [5.74, 6) is 0. The molecule has 0 aliphatic rings. The molecule has 0 saturated heterocycles. The molecule has 23 heavy (non-hydrogen) atoms. The van der Waals surface area contributed by atoms with Crippen LogP contribution in [0.15, 0.2) is 48.5 Å². The fourth-order valence-electron chi connectivity index (χ4n) is 2.77. The summed E-state index contributed by atoms with van der Waals surface area (Å²) < 4.78 is 1.66. The van der Waals surface area contributed by atoms with E-state index in [2.05, 4.69) is 9.97 Å². The van der Waals surface area contributed by atoms with Gasteiger partial charge < -0.3 is 10.7 Å². The van der Waals surface area contributed by atoms with Gasteiger partial charge in [-0.2, -0.15) is 5.26 Å². The van der Waals surface area contributed by atoms with Crippen LogP contribution in [0.4, 0.5) is 5.69 Å². The number of nitrogen functional groups attached to an aromatic ring is 1. The molecular weight excluding hydrogens is 288 g/mol. The summed E-state index contributed by atoms with van der Waals surface area (Å²) in [7, 11) is 0. The predicted octanol–water partition coefficient (Wildman–Crippen LogP) is 2.44. The van der Waals surface area contributed by atoms with Crippen molar-refractivity contribution in [1.29, 1.82) is 10.7 Å². The molecule has 0 unspecified atom stereocenters. The van der Waals surface area contributed by atoms with E-state index in [1.807, 2.05) is 42.5 Å². The Morgan fingerprint density at radius 1 is 1.17 bits per heavy atom. The van der Waals surface area contributed by atoms with Crippen molar-refractivity contribution < 1.29 is 0 Å². The Hall–Kier alpha value is -3.59. The van der Waals surface area contributed by atoms with E-state index in [9.17, 15) is 5.26 Å². The van der Waals surface area contributed by atoms with Gasteiger partial charge >= 0.3 is 0 Å². The zero-order valence-corrected chi connectivity index (χ0v) is 12.0. The Morgan fingerprint density at radius 2 is 2.00 bits per heavy atom. The zero-order valence-electron chi connectivity index (χ0n) is 12.0. The summed E-state index contributed by atoms with van der Waals surface area (Å²) in [5.41, 5.74) is 9.51. The number of nitrogens with two attached hydrogens (primary N) is 1. The number of hydrogen-bond donors (Lipinski definition) is 3. The first-order valence-corrected chi connectivity index (χ1v) is 7.03. The molecule has 2 aromatic heterocycles. The van der Waals surface area contributed by atoms with E-state index in [0.717, 1.165) is 10.9 Å². The molecular formula is C17H12N6. The SMILES string of the molecule is N#Cc1nc2c3ccccc3[nH]c2n(-c2cccc(N)c2)c1=N. The molecule has 6 nitrogen and oxygen atoms in total. The molecule has 0 fully saturated rings. The molecule has 4 N–H and O–H groups in total. The third kappa shape index (κ3) is 1.88. The van der Waals surface area contributed by atoms with Gasteiger partial charge in [0.2, 0.25) is 0 Å². The minimum absolute atomic E-state index is 0.0251. The number of nitriles is 1. The van der Waals surface area contributed by atoms with Gasteiger partial charge in [-0.15, -0.1) is 0 Å². The molecule has 0 radical (unpaired) electrons. The van der Waals surface area contributed by atoms with Crippen LogP contribution in [-0.4, -0.2) is 14.5 Å². The van der Waals surface area contributed by atoms with Crippen LogP contribution in [0.1, 0.15) is 5.69 Å². The standard InChI is InChI=1S/C17H12N6/c18-9-14-16(20)23(11-5-3-4-10(19)8-11)17-15(21-14)12-6-1-2-7-13(12)22-17/h1-8,20,22H,19H2. The summed E-state index contributed by atoms with van der Waals surface area (Å²) in [5, 5.41) is 18.6. The maximum atomic E-state index is 9.33. The second kappa shape index (κ2) is 4.71. The lowest BCUT2D eigenvalue weighted by molar-refractivity contribution is 0.922. The van der Waals surface area contributed by atoms with Crippen molar-refractivity contribution in [1.82, 2.24) is 14.5 Å². The molecule has 110 valence electrons. The smallest absolute Gasteiger partial charge is 0.184 e. The van der Waals surface area contributed by atoms with Crippen LogP contribution in [0, 0.1) is 16.7 Å². The van der Waals surface area contributed by atoms with Crippen molar-refractivity contribution in [2.75, 3.05) is 5.73 Å². The van der Waals surface area contributed by atoms with E-state index in [0.29, 0.717) is 22.5 Å². The first-order valence-electron chi connectivity index (χ1n) is 7.03. The van der Waals surface area contributed by atoms with Crippen molar-refractivity contribution >= 4 is 27.8 Å². The molecule has 0 aliphatic carbocycles. The minimum atomic E-state index is 0.0251. The number of nitrogens with zero attached hydrogens (tertiary/aromatic N) is 3. The lowest BCUT2D eigenvalue weighted by Gasteiger charge is -2.10. The predicted molar refractivity (Wildman–Crippen MR) is 87.9 cm³/mol. The van der Waals surface area contributed by atoms with Gasteiger partial charge in [0.1, 0.15) is 17.2 Å². The van der Waals surface area contributed by atoms with E-state index in [1.54, 1.807) is 16.7 Å². The molecule has 0 saturated carbocycles. The summed E-state index contributed by atoms with van der Waals surface area (Å²) in [6.45, 7) is 0. The number of hydrogen-bond acceptors (Lipinski definition) is 4. The van der Waals surface area contributed by atoms with Gasteiger partial charge in [0.25, 0.3) is 0 Å². The minimum Gasteiger partial charge on any atom is -0.399 e. The maximum Gasteiger partial charge on any atom is 0.184 e. The van der Waals surface area contributed by atoms with Crippen LogP contribution in [-0.2, 0) is 0 Å². The first kappa shape index (κ1) is 13.1. The molecule has 0 aliphatic heterocycles. The molecule has 4 aromatic rings. The highest BCUT2D eigenvalue weighted by Gasteiger charge is 2.14. The van der Waals surface area contributed by atoms with E-state index in [-0.39, 0.29) is 11.2 Å². The number of aromatic nitrogens is 3. The Labute approximate surface area is 130 Å². The van der Waals surface area contributed by atoms with Gasteiger partial charge in [0.15, 0.2) is 11.2 Å². The van der Waals surface area contributed by atoms with Gasteiger partial charge in [0.05, 0.1) is 5.69 Å². The van der Waals surface area contributed by atoms with Crippen molar-refractivity contribution in [3.8, 4) is 11.8 Å². The number of H-pyrrole nitrogens is 1. The lowest BCUT2D eigenvalue weighted by atomic mass is 10.2.